The summed E-state index contributed by atoms with van der Waals surface area (Å²) in [5.41, 5.74) is 1.28. The Morgan fingerprint density at radius 3 is 2.56 bits per heavy atom. The molecule has 1 atom stereocenters. The van der Waals surface area contributed by atoms with Gasteiger partial charge < -0.3 is 9.73 Å². The Labute approximate surface area is 105 Å². The number of aryl methyl sites for hydroxylation is 1. The van der Waals surface area contributed by atoms with Crippen molar-refractivity contribution in [2.45, 2.75) is 19.9 Å². The molecule has 2 nitrogen and oxygen atoms in total. The van der Waals surface area contributed by atoms with Crippen LogP contribution in [-0.2, 0) is 0 Å². The fourth-order valence-electron chi connectivity index (χ4n) is 2.02. The number of furan rings is 1. The third-order valence-electron chi connectivity index (χ3n) is 2.89. The normalized spacial score (nSPS) is 12.7. The summed E-state index contributed by atoms with van der Waals surface area (Å²) in [6.07, 6.45) is 1.57. The van der Waals surface area contributed by atoms with Gasteiger partial charge in [-0.1, -0.05) is 13.0 Å². The minimum Gasteiger partial charge on any atom is -0.469 e. The van der Waals surface area contributed by atoms with Crippen LogP contribution in [0.15, 0.2) is 34.9 Å². The van der Waals surface area contributed by atoms with Gasteiger partial charge in [0, 0.05) is 17.2 Å². The zero-order chi connectivity index (χ0) is 13.1. The van der Waals surface area contributed by atoms with Crippen LogP contribution in [0.3, 0.4) is 0 Å². The van der Waals surface area contributed by atoms with E-state index in [2.05, 4.69) is 5.32 Å². The van der Waals surface area contributed by atoms with Crippen LogP contribution in [0.25, 0.3) is 0 Å². The molecule has 96 valence electrons. The van der Waals surface area contributed by atoms with Crippen LogP contribution in [0.2, 0.25) is 0 Å². The zero-order valence-electron chi connectivity index (χ0n) is 10.3. The summed E-state index contributed by atoms with van der Waals surface area (Å²) < 4.78 is 32.0. The summed E-state index contributed by atoms with van der Waals surface area (Å²) in [6.45, 7) is 4.43. The molecule has 2 rings (SSSR count). The van der Waals surface area contributed by atoms with E-state index in [4.69, 9.17) is 4.42 Å². The van der Waals surface area contributed by atoms with E-state index >= 15 is 0 Å². The van der Waals surface area contributed by atoms with E-state index < -0.39 is 11.6 Å². The van der Waals surface area contributed by atoms with E-state index in [0.717, 1.165) is 17.4 Å². The second-order valence-electron chi connectivity index (χ2n) is 4.09. The number of halogens is 2. The highest BCUT2D eigenvalue weighted by Gasteiger charge is 2.20. The van der Waals surface area contributed by atoms with E-state index in [0.29, 0.717) is 12.1 Å². The van der Waals surface area contributed by atoms with Gasteiger partial charge in [0.2, 0.25) is 0 Å². The predicted octanol–water partition coefficient (Wildman–Crippen LogP) is 3.57. The third-order valence-corrected chi connectivity index (χ3v) is 2.89. The zero-order valence-corrected chi connectivity index (χ0v) is 10.3. The number of nitrogens with one attached hydrogen (secondary N) is 1. The lowest BCUT2D eigenvalue weighted by Gasteiger charge is -2.18. The van der Waals surface area contributed by atoms with Gasteiger partial charge in [0.05, 0.1) is 12.3 Å². The topological polar surface area (TPSA) is 25.2 Å². The highest BCUT2D eigenvalue weighted by atomic mass is 19.1. The quantitative estimate of drug-likeness (QED) is 0.898. The minimum absolute atomic E-state index is 0.325. The van der Waals surface area contributed by atoms with Gasteiger partial charge in [0.1, 0.15) is 17.4 Å². The second-order valence-corrected chi connectivity index (χ2v) is 4.09. The molecule has 0 aliphatic carbocycles. The largest absolute Gasteiger partial charge is 0.469 e. The summed E-state index contributed by atoms with van der Waals surface area (Å²) in [7, 11) is 0. The molecule has 0 saturated carbocycles. The fraction of sp³-hybridized carbons (Fsp3) is 0.286. The molecule has 0 bridgehead atoms. The van der Waals surface area contributed by atoms with Crippen molar-refractivity contribution in [3.63, 3.8) is 0 Å². The molecule has 4 heteroatoms. The van der Waals surface area contributed by atoms with Crippen molar-refractivity contribution in [2.75, 3.05) is 6.54 Å². The highest BCUT2D eigenvalue weighted by Crippen LogP contribution is 2.27. The standard InChI is InChI=1S/C14H15F2NO/c1-3-17-14(11-6-7-18-9(11)2)12-5-4-10(15)8-13(12)16/h4-8,14,17H,3H2,1-2H3. The van der Waals surface area contributed by atoms with Crippen LogP contribution >= 0.6 is 0 Å². The average Bonchev–Trinajstić information content (AvgIpc) is 2.73. The first-order valence-electron chi connectivity index (χ1n) is 5.85. The first-order valence-corrected chi connectivity index (χ1v) is 5.85. The molecule has 1 aromatic carbocycles. The Balaban J connectivity index is 2.45. The molecular weight excluding hydrogens is 236 g/mol. The molecule has 1 aromatic heterocycles. The van der Waals surface area contributed by atoms with Crippen LogP contribution in [0.1, 0.15) is 29.9 Å². The molecule has 1 heterocycles. The Hall–Kier alpha value is -1.68. The Morgan fingerprint density at radius 1 is 1.22 bits per heavy atom. The Kier molecular flexibility index (Phi) is 3.77. The molecule has 0 spiro atoms. The van der Waals surface area contributed by atoms with Crippen LogP contribution in [0, 0.1) is 18.6 Å². The summed E-state index contributed by atoms with van der Waals surface area (Å²) in [5, 5.41) is 3.18. The molecule has 0 fully saturated rings. The van der Waals surface area contributed by atoms with Crippen LogP contribution in [0.5, 0.6) is 0 Å². The van der Waals surface area contributed by atoms with E-state index in [1.807, 2.05) is 13.8 Å². The molecule has 18 heavy (non-hydrogen) atoms. The highest BCUT2D eigenvalue weighted by molar-refractivity contribution is 5.34. The van der Waals surface area contributed by atoms with E-state index in [1.54, 1.807) is 12.3 Å². The van der Waals surface area contributed by atoms with Crippen molar-refractivity contribution >= 4 is 0 Å². The Morgan fingerprint density at radius 2 is 2.00 bits per heavy atom. The van der Waals surface area contributed by atoms with E-state index in [9.17, 15) is 8.78 Å². The van der Waals surface area contributed by atoms with Gasteiger partial charge in [-0.05, 0) is 25.6 Å². The van der Waals surface area contributed by atoms with E-state index in [1.165, 1.54) is 12.1 Å². The second kappa shape index (κ2) is 5.31. The molecule has 0 saturated heterocycles. The minimum atomic E-state index is -0.574. The number of hydrogen-bond acceptors (Lipinski definition) is 2. The Bertz CT molecular complexity index is 536. The molecule has 2 aromatic rings. The maximum atomic E-state index is 13.8. The number of hydrogen-bond donors (Lipinski definition) is 1. The van der Waals surface area contributed by atoms with Crippen molar-refractivity contribution < 1.29 is 13.2 Å². The van der Waals surface area contributed by atoms with Crippen molar-refractivity contribution in [3.8, 4) is 0 Å². The molecular formula is C14H15F2NO. The molecule has 1 N–H and O–H groups in total. The van der Waals surface area contributed by atoms with E-state index in [-0.39, 0.29) is 6.04 Å². The molecule has 0 radical (unpaired) electrons. The van der Waals surface area contributed by atoms with Crippen LogP contribution < -0.4 is 5.32 Å². The van der Waals surface area contributed by atoms with Crippen molar-refractivity contribution in [3.05, 3.63) is 59.1 Å². The summed E-state index contributed by atoms with van der Waals surface area (Å²) >= 11 is 0. The van der Waals surface area contributed by atoms with Crippen molar-refractivity contribution in [2.24, 2.45) is 0 Å². The number of rotatable bonds is 4. The lowest BCUT2D eigenvalue weighted by molar-refractivity contribution is 0.510. The summed E-state index contributed by atoms with van der Waals surface area (Å²) in [4.78, 5) is 0. The average molecular weight is 251 g/mol. The first-order chi connectivity index (χ1) is 8.63. The lowest BCUT2D eigenvalue weighted by atomic mass is 9.98. The van der Waals surface area contributed by atoms with Gasteiger partial charge >= 0.3 is 0 Å². The van der Waals surface area contributed by atoms with Crippen LogP contribution in [0.4, 0.5) is 8.78 Å². The smallest absolute Gasteiger partial charge is 0.131 e. The van der Waals surface area contributed by atoms with Gasteiger partial charge in [0.25, 0.3) is 0 Å². The maximum Gasteiger partial charge on any atom is 0.131 e. The summed E-state index contributed by atoms with van der Waals surface area (Å²) in [6, 6.07) is 5.10. The van der Waals surface area contributed by atoms with Gasteiger partial charge in [0.15, 0.2) is 0 Å². The lowest BCUT2D eigenvalue weighted by Crippen LogP contribution is -2.23. The predicted molar refractivity (Wildman–Crippen MR) is 65.3 cm³/mol. The van der Waals surface area contributed by atoms with Crippen LogP contribution in [-0.4, -0.2) is 6.54 Å². The van der Waals surface area contributed by atoms with Gasteiger partial charge in [-0.15, -0.1) is 0 Å². The third kappa shape index (κ3) is 2.43. The van der Waals surface area contributed by atoms with Gasteiger partial charge in [-0.3, -0.25) is 0 Å². The monoisotopic (exact) mass is 251 g/mol. The molecule has 0 aliphatic rings. The van der Waals surface area contributed by atoms with Gasteiger partial charge in [-0.25, -0.2) is 8.78 Å². The van der Waals surface area contributed by atoms with Crippen molar-refractivity contribution in [1.29, 1.82) is 0 Å². The van der Waals surface area contributed by atoms with Crippen molar-refractivity contribution in [1.82, 2.24) is 5.32 Å². The fourth-order valence-corrected chi connectivity index (χ4v) is 2.02. The molecule has 1 unspecified atom stereocenters. The number of benzene rings is 1. The SMILES string of the molecule is CCNC(c1ccc(F)cc1F)c1ccoc1C. The van der Waals surface area contributed by atoms with Gasteiger partial charge in [-0.2, -0.15) is 0 Å². The summed E-state index contributed by atoms with van der Waals surface area (Å²) in [5.74, 6) is -0.401. The molecule has 0 aliphatic heterocycles. The maximum absolute atomic E-state index is 13.8. The molecule has 0 amide bonds. The first kappa shape index (κ1) is 12.8.